The van der Waals surface area contributed by atoms with E-state index >= 15 is 0 Å². The van der Waals surface area contributed by atoms with Gasteiger partial charge in [-0.25, -0.2) is 27.8 Å². The zero-order valence-electron chi connectivity index (χ0n) is 18.3. The molecule has 12 heteroatoms. The Morgan fingerprint density at radius 2 is 2.03 bits per heavy atom. The standard InChI is InChI=1S/C20H24IN6O3PS/c1-5-6-7-13-10-22-20(32(4,28)29)24-17(13)18-14-8-9-15(16-11(2)26-30-12(16)3)23-19(14)27(25-18)31-21/h10,31H,5-9H2,1-4H3. The Hall–Kier alpha value is -1.72. The Kier molecular flexibility index (Phi) is 6.78. The molecule has 0 fully saturated rings. The molecular formula is C20H24IN6O3PS. The van der Waals surface area contributed by atoms with Crippen LogP contribution in [0.5, 0.6) is 0 Å². The predicted octanol–water partition coefficient (Wildman–Crippen LogP) is 4.55. The van der Waals surface area contributed by atoms with Gasteiger partial charge in [0.1, 0.15) is 11.5 Å². The summed E-state index contributed by atoms with van der Waals surface area (Å²) in [7, 11) is -3.54. The highest BCUT2D eigenvalue weighted by molar-refractivity contribution is 14.2. The van der Waals surface area contributed by atoms with Crippen LogP contribution >= 0.6 is 28.4 Å². The molecule has 1 atom stereocenters. The van der Waals surface area contributed by atoms with Crippen LogP contribution in [0.2, 0.25) is 0 Å². The largest absolute Gasteiger partial charge is 0.361 e. The van der Waals surface area contributed by atoms with Crippen LogP contribution in [0.4, 0.5) is 5.82 Å². The van der Waals surface area contributed by atoms with E-state index in [1.165, 1.54) is 0 Å². The molecule has 4 rings (SSSR count). The van der Waals surface area contributed by atoms with Crippen LogP contribution in [-0.2, 0) is 22.7 Å². The lowest BCUT2D eigenvalue weighted by atomic mass is 9.96. The van der Waals surface area contributed by atoms with Gasteiger partial charge in [-0.1, -0.05) is 18.5 Å². The van der Waals surface area contributed by atoms with Gasteiger partial charge in [0, 0.05) is 18.0 Å². The van der Waals surface area contributed by atoms with Crippen molar-refractivity contribution in [2.24, 2.45) is 4.99 Å². The first-order chi connectivity index (χ1) is 15.2. The van der Waals surface area contributed by atoms with Crippen LogP contribution in [0.3, 0.4) is 0 Å². The molecule has 0 aromatic carbocycles. The molecule has 1 aliphatic heterocycles. The van der Waals surface area contributed by atoms with E-state index in [0.29, 0.717) is 24.2 Å². The number of hydrogen-bond donors (Lipinski definition) is 0. The summed E-state index contributed by atoms with van der Waals surface area (Å²) < 4.78 is 31.5. The lowest BCUT2D eigenvalue weighted by Crippen LogP contribution is -2.11. The number of sulfone groups is 1. The van der Waals surface area contributed by atoms with Crippen molar-refractivity contribution in [3.8, 4) is 11.4 Å². The molecule has 0 N–H and O–H groups in total. The van der Waals surface area contributed by atoms with Gasteiger partial charge < -0.3 is 4.52 Å². The lowest BCUT2D eigenvalue weighted by molar-refractivity contribution is 0.393. The Morgan fingerprint density at radius 3 is 2.66 bits per heavy atom. The first-order valence-corrected chi connectivity index (χ1v) is 16.3. The molecule has 0 aliphatic carbocycles. The average Bonchev–Trinajstić information content (AvgIpc) is 3.30. The molecule has 0 radical (unpaired) electrons. The van der Waals surface area contributed by atoms with Gasteiger partial charge >= 0.3 is 0 Å². The summed E-state index contributed by atoms with van der Waals surface area (Å²) in [6.07, 6.45) is 7.26. The third kappa shape index (κ3) is 4.38. The second-order valence-electron chi connectivity index (χ2n) is 7.81. The van der Waals surface area contributed by atoms with E-state index in [1.54, 1.807) is 6.20 Å². The number of aliphatic imine (C=N–C) groups is 1. The maximum absolute atomic E-state index is 12.1. The molecule has 0 amide bonds. The van der Waals surface area contributed by atoms with Crippen LogP contribution in [0.15, 0.2) is 20.9 Å². The summed E-state index contributed by atoms with van der Waals surface area (Å²) in [4.78, 5) is 13.5. The van der Waals surface area contributed by atoms with Crippen molar-refractivity contribution in [1.29, 1.82) is 0 Å². The molecule has 3 aromatic heterocycles. The van der Waals surface area contributed by atoms with Crippen LogP contribution in [0, 0.1) is 13.8 Å². The minimum atomic E-state index is -3.54. The molecule has 1 unspecified atom stereocenters. The zero-order chi connectivity index (χ0) is 23.0. The average molecular weight is 586 g/mol. The van der Waals surface area contributed by atoms with E-state index in [2.05, 4.69) is 44.1 Å². The maximum Gasteiger partial charge on any atom is 0.247 e. The van der Waals surface area contributed by atoms with E-state index in [-0.39, 0.29) is 5.16 Å². The number of rotatable bonds is 7. The summed E-state index contributed by atoms with van der Waals surface area (Å²) in [5.41, 5.74) is 5.89. The van der Waals surface area contributed by atoms with E-state index in [0.717, 1.165) is 71.6 Å². The van der Waals surface area contributed by atoms with E-state index < -0.39 is 9.84 Å². The molecule has 32 heavy (non-hydrogen) atoms. The summed E-state index contributed by atoms with van der Waals surface area (Å²) in [5.74, 6) is 1.54. The lowest BCUT2D eigenvalue weighted by Gasteiger charge is -2.14. The molecule has 0 spiro atoms. The van der Waals surface area contributed by atoms with Gasteiger partial charge in [0.15, 0.2) is 5.82 Å². The van der Waals surface area contributed by atoms with Gasteiger partial charge in [0.25, 0.3) is 0 Å². The van der Waals surface area contributed by atoms with Crippen molar-refractivity contribution < 1.29 is 12.9 Å². The number of hydrogen-bond acceptors (Lipinski definition) is 8. The van der Waals surface area contributed by atoms with E-state index in [1.807, 2.05) is 18.3 Å². The molecule has 3 aromatic rings. The third-order valence-corrected chi connectivity index (χ3v) is 8.11. The van der Waals surface area contributed by atoms with Gasteiger partial charge in [-0.15, -0.1) is 0 Å². The van der Waals surface area contributed by atoms with Gasteiger partial charge in [-0.2, -0.15) is 5.10 Å². The fourth-order valence-electron chi connectivity index (χ4n) is 3.86. The molecule has 170 valence electrons. The second kappa shape index (κ2) is 9.26. The quantitative estimate of drug-likeness (QED) is 0.227. The summed E-state index contributed by atoms with van der Waals surface area (Å²) in [5, 5.41) is 8.71. The van der Waals surface area contributed by atoms with E-state index in [9.17, 15) is 8.42 Å². The predicted molar refractivity (Wildman–Crippen MR) is 133 cm³/mol. The van der Waals surface area contributed by atoms with Crippen LogP contribution < -0.4 is 0 Å². The molecule has 9 nitrogen and oxygen atoms in total. The van der Waals surface area contributed by atoms with Crippen molar-refractivity contribution in [3.05, 3.63) is 34.3 Å². The van der Waals surface area contributed by atoms with Crippen molar-refractivity contribution in [3.63, 3.8) is 0 Å². The Balaban J connectivity index is 1.89. The monoisotopic (exact) mass is 586 g/mol. The van der Waals surface area contributed by atoms with Crippen LogP contribution in [0.1, 0.15) is 54.3 Å². The Morgan fingerprint density at radius 1 is 1.25 bits per heavy atom. The molecule has 0 saturated heterocycles. The van der Waals surface area contributed by atoms with Crippen LogP contribution in [0.25, 0.3) is 11.4 Å². The minimum Gasteiger partial charge on any atom is -0.361 e. The molecule has 0 bridgehead atoms. The fraction of sp³-hybridized carbons (Fsp3) is 0.450. The maximum atomic E-state index is 12.1. The third-order valence-electron chi connectivity index (χ3n) is 5.41. The number of unbranched alkanes of at least 4 members (excludes halogenated alkanes) is 1. The first-order valence-electron chi connectivity index (χ1n) is 10.3. The number of nitrogens with zero attached hydrogens (tertiary/aromatic N) is 6. The van der Waals surface area contributed by atoms with Crippen molar-refractivity contribution >= 4 is 49.8 Å². The fourth-order valence-corrected chi connectivity index (χ4v) is 5.78. The summed E-state index contributed by atoms with van der Waals surface area (Å²) in [6.45, 7) is 5.92. The van der Waals surface area contributed by atoms with Crippen molar-refractivity contribution in [2.75, 3.05) is 6.26 Å². The van der Waals surface area contributed by atoms with Gasteiger partial charge in [0.05, 0.1) is 29.0 Å². The van der Waals surface area contributed by atoms with Crippen LogP contribution in [-0.4, -0.2) is 45.1 Å². The summed E-state index contributed by atoms with van der Waals surface area (Å²) in [6, 6.07) is 0. The first kappa shape index (κ1) is 23.4. The molecule has 0 saturated carbocycles. The van der Waals surface area contributed by atoms with E-state index in [4.69, 9.17) is 14.6 Å². The Labute approximate surface area is 201 Å². The highest BCUT2D eigenvalue weighted by Gasteiger charge is 2.28. The minimum absolute atomic E-state index is 0.177. The van der Waals surface area contributed by atoms with Gasteiger partial charge in [-0.3, -0.25) is 0 Å². The normalized spacial score (nSPS) is 14.2. The Bertz CT molecular complexity index is 1300. The van der Waals surface area contributed by atoms with Gasteiger partial charge in [0.2, 0.25) is 15.0 Å². The topological polar surface area (TPSA) is 116 Å². The molecule has 4 heterocycles. The van der Waals surface area contributed by atoms with Crippen molar-refractivity contribution in [2.45, 2.75) is 58.0 Å². The summed E-state index contributed by atoms with van der Waals surface area (Å²) >= 11 is 2.28. The number of aromatic nitrogens is 5. The van der Waals surface area contributed by atoms with Crippen molar-refractivity contribution in [1.82, 2.24) is 24.7 Å². The zero-order valence-corrected chi connectivity index (χ0v) is 22.3. The molecular weight excluding hydrogens is 562 g/mol. The SMILES string of the molecule is CCCCc1cnc(S(C)(=O)=O)nc1-c1nn(PI)c2c1CCC(c1c(C)noc1C)=N2. The number of aryl methyl sites for hydroxylation is 3. The van der Waals surface area contributed by atoms with Gasteiger partial charge in [-0.05, 0) is 67.1 Å². The smallest absolute Gasteiger partial charge is 0.247 e. The number of fused-ring (bicyclic) bond motifs is 1. The molecule has 1 aliphatic rings. The highest BCUT2D eigenvalue weighted by Crippen LogP contribution is 2.42. The second-order valence-corrected chi connectivity index (χ2v) is 11.8. The highest BCUT2D eigenvalue weighted by atomic mass is 127. The number of halogens is 1.